The normalized spacial score (nSPS) is 19.2. The Morgan fingerprint density at radius 1 is 1.06 bits per heavy atom. The van der Waals surface area contributed by atoms with Crippen LogP contribution in [0.3, 0.4) is 0 Å². The van der Waals surface area contributed by atoms with Gasteiger partial charge in [-0.3, -0.25) is 9.59 Å². The molecule has 0 radical (unpaired) electrons. The lowest BCUT2D eigenvalue weighted by molar-refractivity contribution is -0.119. The molecular weight excluding hydrogens is 412 g/mol. The van der Waals surface area contributed by atoms with E-state index in [1.807, 2.05) is 41.3 Å². The van der Waals surface area contributed by atoms with Crippen LogP contribution in [0.2, 0.25) is 5.02 Å². The highest BCUT2D eigenvalue weighted by molar-refractivity contribution is 6.31. The van der Waals surface area contributed by atoms with Gasteiger partial charge in [0.2, 0.25) is 5.91 Å². The van der Waals surface area contributed by atoms with Gasteiger partial charge in [0, 0.05) is 17.1 Å². The van der Waals surface area contributed by atoms with E-state index in [0.717, 1.165) is 17.5 Å². The molecule has 2 heterocycles. The van der Waals surface area contributed by atoms with Crippen LogP contribution in [0, 0.1) is 0 Å². The summed E-state index contributed by atoms with van der Waals surface area (Å²) in [5.41, 5.74) is 4.02. The number of rotatable bonds is 3. The molecule has 0 aliphatic carbocycles. The molecule has 0 unspecified atom stereocenters. The van der Waals surface area contributed by atoms with Gasteiger partial charge in [-0.1, -0.05) is 54.1 Å². The van der Waals surface area contributed by atoms with Gasteiger partial charge in [-0.15, -0.1) is 0 Å². The zero-order valence-electron chi connectivity index (χ0n) is 17.0. The highest BCUT2D eigenvalue weighted by Crippen LogP contribution is 2.46. The third-order valence-electron chi connectivity index (χ3n) is 6.14. The highest BCUT2D eigenvalue weighted by Gasteiger charge is 2.46. The molecule has 5 rings (SSSR count). The van der Waals surface area contributed by atoms with Gasteiger partial charge in [-0.05, 0) is 47.4 Å². The molecule has 2 aliphatic rings. The lowest BCUT2D eigenvalue weighted by atomic mass is 9.76. The third kappa shape index (κ3) is 3.26. The Morgan fingerprint density at radius 2 is 1.81 bits per heavy atom. The maximum atomic E-state index is 13.7. The summed E-state index contributed by atoms with van der Waals surface area (Å²) in [6, 6.07) is 20.2. The lowest BCUT2D eigenvalue weighted by Gasteiger charge is -2.45. The molecule has 2 aliphatic heterocycles. The van der Waals surface area contributed by atoms with Gasteiger partial charge in [0.05, 0.1) is 24.8 Å². The Labute approximate surface area is 185 Å². The summed E-state index contributed by atoms with van der Waals surface area (Å²) in [6.07, 6.45) is 0.775. The number of carbonyl (C=O) groups excluding carboxylic acids is 2. The standard InChI is InChI=1S/C25H21ClN2O3/c1-31-21-11-10-16(26)14-20(21)27-24(29)22-18-8-4-5-9-19(18)25(30)28-13-12-15-6-2-3-7-17(15)23(22)28/h2-11,14,22-23H,12-13H2,1H3,(H,27,29)/t22-,23+/m1/s1. The molecule has 0 fully saturated rings. The lowest BCUT2D eigenvalue weighted by Crippen LogP contribution is -2.49. The number of amides is 2. The van der Waals surface area contributed by atoms with E-state index >= 15 is 0 Å². The molecule has 0 bridgehead atoms. The Balaban J connectivity index is 1.63. The van der Waals surface area contributed by atoms with E-state index in [2.05, 4.69) is 11.4 Å². The molecule has 5 nitrogen and oxygen atoms in total. The van der Waals surface area contributed by atoms with E-state index in [-0.39, 0.29) is 17.9 Å². The van der Waals surface area contributed by atoms with Crippen LogP contribution >= 0.6 is 11.6 Å². The minimum atomic E-state index is -0.556. The molecule has 3 aromatic carbocycles. The van der Waals surface area contributed by atoms with Crippen molar-refractivity contribution in [2.45, 2.75) is 18.4 Å². The predicted octanol–water partition coefficient (Wildman–Crippen LogP) is 4.82. The van der Waals surface area contributed by atoms with Crippen molar-refractivity contribution in [1.82, 2.24) is 4.90 Å². The van der Waals surface area contributed by atoms with Crippen molar-refractivity contribution in [3.8, 4) is 5.75 Å². The number of ether oxygens (including phenoxy) is 1. The fourth-order valence-corrected chi connectivity index (χ4v) is 4.92. The average Bonchev–Trinajstić information content (AvgIpc) is 2.79. The number of nitrogens with zero attached hydrogens (tertiary/aromatic N) is 1. The summed E-state index contributed by atoms with van der Waals surface area (Å²) in [4.78, 5) is 28.9. The average molecular weight is 433 g/mol. The van der Waals surface area contributed by atoms with E-state index in [0.29, 0.717) is 28.6 Å². The SMILES string of the molecule is COc1ccc(Cl)cc1NC(=O)[C@@H]1c2ccccc2C(=O)N2CCc3ccccc3[C@@H]12. The van der Waals surface area contributed by atoms with Crippen molar-refractivity contribution in [1.29, 1.82) is 0 Å². The first-order valence-corrected chi connectivity index (χ1v) is 10.6. The van der Waals surface area contributed by atoms with Gasteiger partial charge < -0.3 is 15.0 Å². The number of methoxy groups -OCH3 is 1. The summed E-state index contributed by atoms with van der Waals surface area (Å²) < 4.78 is 5.40. The van der Waals surface area contributed by atoms with Crippen molar-refractivity contribution in [2.24, 2.45) is 0 Å². The van der Waals surface area contributed by atoms with Crippen LogP contribution in [0.5, 0.6) is 5.75 Å². The molecule has 3 aromatic rings. The fourth-order valence-electron chi connectivity index (χ4n) is 4.75. The van der Waals surface area contributed by atoms with E-state index in [1.54, 1.807) is 31.4 Å². The Morgan fingerprint density at radius 3 is 2.61 bits per heavy atom. The second kappa shape index (κ2) is 7.75. The maximum absolute atomic E-state index is 13.7. The molecule has 2 amide bonds. The quantitative estimate of drug-likeness (QED) is 0.645. The molecule has 0 saturated heterocycles. The van der Waals surface area contributed by atoms with Crippen LogP contribution in [0.1, 0.15) is 39.0 Å². The van der Waals surface area contributed by atoms with E-state index in [1.165, 1.54) is 5.56 Å². The molecule has 31 heavy (non-hydrogen) atoms. The summed E-state index contributed by atoms with van der Waals surface area (Å²) in [6.45, 7) is 0.582. The summed E-state index contributed by atoms with van der Waals surface area (Å²) in [7, 11) is 1.55. The van der Waals surface area contributed by atoms with Crippen LogP contribution < -0.4 is 10.1 Å². The van der Waals surface area contributed by atoms with Gasteiger partial charge in [0.1, 0.15) is 5.75 Å². The summed E-state index contributed by atoms with van der Waals surface area (Å²) in [5, 5.41) is 3.51. The molecule has 1 N–H and O–H groups in total. The van der Waals surface area contributed by atoms with Crippen molar-refractivity contribution in [3.05, 3.63) is 94.0 Å². The second-order valence-electron chi connectivity index (χ2n) is 7.79. The number of fused-ring (bicyclic) bond motifs is 4. The van der Waals surface area contributed by atoms with Crippen molar-refractivity contribution >= 4 is 29.1 Å². The van der Waals surface area contributed by atoms with Crippen molar-refractivity contribution in [3.63, 3.8) is 0 Å². The number of benzene rings is 3. The van der Waals surface area contributed by atoms with Crippen molar-refractivity contribution in [2.75, 3.05) is 19.0 Å². The molecule has 0 aromatic heterocycles. The number of hydrogen-bond donors (Lipinski definition) is 1. The molecule has 0 spiro atoms. The number of anilines is 1. The molecule has 2 atom stereocenters. The number of nitrogens with one attached hydrogen (secondary N) is 1. The first kappa shape index (κ1) is 19.6. The van der Waals surface area contributed by atoms with Gasteiger partial charge in [0.25, 0.3) is 5.91 Å². The smallest absolute Gasteiger partial charge is 0.254 e. The maximum Gasteiger partial charge on any atom is 0.254 e. The molecule has 156 valence electrons. The van der Waals surface area contributed by atoms with Gasteiger partial charge in [-0.25, -0.2) is 0 Å². The zero-order chi connectivity index (χ0) is 21.5. The van der Waals surface area contributed by atoms with Gasteiger partial charge in [0.15, 0.2) is 0 Å². The Bertz CT molecular complexity index is 1190. The Kier molecular flexibility index (Phi) is 4.91. The molecular formula is C25H21ClN2O3. The highest BCUT2D eigenvalue weighted by atomic mass is 35.5. The Hall–Kier alpha value is -3.31. The molecule has 0 saturated carbocycles. The summed E-state index contributed by atoms with van der Waals surface area (Å²) >= 11 is 6.16. The van der Waals surface area contributed by atoms with Crippen LogP contribution in [-0.4, -0.2) is 30.4 Å². The summed E-state index contributed by atoms with van der Waals surface area (Å²) in [5.74, 6) is -0.260. The first-order chi connectivity index (χ1) is 15.1. The van der Waals surface area contributed by atoms with Gasteiger partial charge >= 0.3 is 0 Å². The number of carbonyl (C=O) groups is 2. The van der Waals surface area contributed by atoms with Crippen molar-refractivity contribution < 1.29 is 14.3 Å². The zero-order valence-corrected chi connectivity index (χ0v) is 17.7. The second-order valence-corrected chi connectivity index (χ2v) is 8.23. The van der Waals surface area contributed by atoms with Crippen LogP contribution in [0.25, 0.3) is 0 Å². The fraction of sp³-hybridized carbons (Fsp3) is 0.200. The number of halogens is 1. The third-order valence-corrected chi connectivity index (χ3v) is 6.37. The monoisotopic (exact) mass is 432 g/mol. The van der Waals surface area contributed by atoms with Gasteiger partial charge in [-0.2, -0.15) is 0 Å². The predicted molar refractivity (Wildman–Crippen MR) is 120 cm³/mol. The van der Waals surface area contributed by atoms with Crippen LogP contribution in [0.4, 0.5) is 5.69 Å². The van der Waals surface area contributed by atoms with Crippen LogP contribution in [-0.2, 0) is 11.2 Å². The largest absolute Gasteiger partial charge is 0.495 e. The topological polar surface area (TPSA) is 58.6 Å². The first-order valence-electron chi connectivity index (χ1n) is 10.2. The van der Waals surface area contributed by atoms with Crippen LogP contribution in [0.15, 0.2) is 66.7 Å². The minimum Gasteiger partial charge on any atom is -0.495 e. The van der Waals surface area contributed by atoms with E-state index in [9.17, 15) is 9.59 Å². The molecule has 6 heteroatoms. The van der Waals surface area contributed by atoms with E-state index < -0.39 is 5.92 Å². The van der Waals surface area contributed by atoms with E-state index in [4.69, 9.17) is 16.3 Å². The number of hydrogen-bond acceptors (Lipinski definition) is 3. The minimum absolute atomic E-state index is 0.0283.